The molecular formula is C24H31N3O3. The summed E-state index contributed by atoms with van der Waals surface area (Å²) in [6.07, 6.45) is 1.71. The van der Waals surface area contributed by atoms with E-state index in [1.165, 1.54) is 11.1 Å². The minimum absolute atomic E-state index is 0.275. The number of piperidine rings is 1. The largest absolute Gasteiger partial charge is 0.497 e. The number of amides is 1. The molecule has 0 aromatic heterocycles. The van der Waals surface area contributed by atoms with Crippen LogP contribution in [0.5, 0.6) is 11.5 Å². The summed E-state index contributed by atoms with van der Waals surface area (Å²) in [7, 11) is 5.43. The molecule has 2 aromatic carbocycles. The third-order valence-corrected chi connectivity index (χ3v) is 6.52. The van der Waals surface area contributed by atoms with Crippen molar-refractivity contribution in [1.29, 1.82) is 0 Å². The Morgan fingerprint density at radius 1 is 0.900 bits per heavy atom. The second kappa shape index (κ2) is 8.66. The molecule has 0 bridgehead atoms. The molecule has 0 unspecified atom stereocenters. The van der Waals surface area contributed by atoms with Crippen LogP contribution in [0.3, 0.4) is 0 Å². The quantitative estimate of drug-likeness (QED) is 0.734. The highest BCUT2D eigenvalue weighted by molar-refractivity contribution is 5.88. The zero-order valence-electron chi connectivity index (χ0n) is 18.1. The van der Waals surface area contributed by atoms with Gasteiger partial charge in [0.15, 0.2) is 0 Å². The van der Waals surface area contributed by atoms with Crippen molar-refractivity contribution >= 4 is 5.91 Å². The number of ether oxygens (including phenoxy) is 2. The van der Waals surface area contributed by atoms with Crippen molar-refractivity contribution in [3.05, 3.63) is 59.7 Å². The van der Waals surface area contributed by atoms with Crippen molar-refractivity contribution in [2.24, 2.45) is 0 Å². The SMILES string of the molecule is COc1cc(CN2CCC3(CC2)C(=O)N(Cc2ccccc2)CN3C)cc(OC)c1. The van der Waals surface area contributed by atoms with Gasteiger partial charge in [0.25, 0.3) is 0 Å². The molecule has 0 N–H and O–H groups in total. The standard InChI is InChI=1S/C24H31N3O3/c1-25-18-27(17-19-7-5-4-6-8-19)23(28)24(25)9-11-26(12-10-24)16-20-13-21(29-2)15-22(14-20)30-3/h4-8,13-15H,9-12,16-18H2,1-3H3. The Hall–Kier alpha value is -2.57. The average molecular weight is 410 g/mol. The molecule has 1 spiro atoms. The first-order valence-electron chi connectivity index (χ1n) is 10.5. The summed E-state index contributed by atoms with van der Waals surface area (Å²) in [6, 6.07) is 16.2. The summed E-state index contributed by atoms with van der Waals surface area (Å²) < 4.78 is 10.8. The highest BCUT2D eigenvalue weighted by Gasteiger charge is 2.51. The zero-order valence-corrected chi connectivity index (χ0v) is 18.1. The van der Waals surface area contributed by atoms with E-state index in [0.717, 1.165) is 44.0 Å². The summed E-state index contributed by atoms with van der Waals surface area (Å²) in [6.45, 7) is 4.00. The minimum atomic E-state index is -0.364. The maximum absolute atomic E-state index is 13.4. The first-order valence-corrected chi connectivity index (χ1v) is 10.5. The molecule has 2 aliphatic heterocycles. The predicted molar refractivity (Wildman–Crippen MR) is 116 cm³/mol. The van der Waals surface area contributed by atoms with Gasteiger partial charge in [-0.25, -0.2) is 0 Å². The van der Waals surface area contributed by atoms with Crippen molar-refractivity contribution in [3.63, 3.8) is 0 Å². The number of nitrogens with zero attached hydrogens (tertiary/aromatic N) is 3. The van der Waals surface area contributed by atoms with Crippen LogP contribution in [0.4, 0.5) is 0 Å². The summed E-state index contributed by atoms with van der Waals surface area (Å²) in [5.74, 6) is 1.89. The summed E-state index contributed by atoms with van der Waals surface area (Å²) >= 11 is 0. The Kier molecular flexibility index (Phi) is 5.97. The van der Waals surface area contributed by atoms with Crippen molar-refractivity contribution in [1.82, 2.24) is 14.7 Å². The molecule has 2 saturated heterocycles. The first-order chi connectivity index (χ1) is 14.5. The van der Waals surface area contributed by atoms with E-state index >= 15 is 0 Å². The highest BCUT2D eigenvalue weighted by atomic mass is 16.5. The van der Waals surface area contributed by atoms with Crippen molar-refractivity contribution in [3.8, 4) is 11.5 Å². The minimum Gasteiger partial charge on any atom is -0.497 e. The Labute approximate surface area is 179 Å². The maximum Gasteiger partial charge on any atom is 0.244 e. The predicted octanol–water partition coefficient (Wildman–Crippen LogP) is 2.97. The number of rotatable bonds is 6. The van der Waals surface area contributed by atoms with E-state index in [0.29, 0.717) is 13.2 Å². The second-order valence-corrected chi connectivity index (χ2v) is 8.36. The second-order valence-electron chi connectivity index (χ2n) is 8.36. The number of carbonyl (C=O) groups excluding carboxylic acids is 1. The number of carbonyl (C=O) groups is 1. The van der Waals surface area contributed by atoms with E-state index in [-0.39, 0.29) is 11.4 Å². The zero-order chi connectivity index (χ0) is 21.1. The topological polar surface area (TPSA) is 45.2 Å². The Morgan fingerprint density at radius 2 is 1.53 bits per heavy atom. The number of likely N-dealkylation sites (tertiary alicyclic amines) is 1. The summed E-state index contributed by atoms with van der Waals surface area (Å²) in [5, 5.41) is 0. The van der Waals surface area contributed by atoms with Gasteiger partial charge in [0.2, 0.25) is 5.91 Å². The van der Waals surface area contributed by atoms with Crippen LogP contribution >= 0.6 is 0 Å². The van der Waals surface area contributed by atoms with E-state index in [1.807, 2.05) is 29.2 Å². The maximum atomic E-state index is 13.4. The van der Waals surface area contributed by atoms with Gasteiger partial charge in [-0.15, -0.1) is 0 Å². The van der Waals surface area contributed by atoms with Gasteiger partial charge in [0, 0.05) is 32.2 Å². The van der Waals surface area contributed by atoms with Gasteiger partial charge < -0.3 is 14.4 Å². The van der Waals surface area contributed by atoms with Gasteiger partial charge in [0.05, 0.1) is 20.9 Å². The Morgan fingerprint density at radius 3 is 2.13 bits per heavy atom. The molecule has 0 aliphatic carbocycles. The lowest BCUT2D eigenvalue weighted by Gasteiger charge is -2.41. The average Bonchev–Trinajstić information content (AvgIpc) is 3.00. The fourth-order valence-electron chi connectivity index (χ4n) is 4.73. The lowest BCUT2D eigenvalue weighted by molar-refractivity contribution is -0.136. The lowest BCUT2D eigenvalue weighted by atomic mass is 9.86. The molecule has 4 rings (SSSR count). The monoisotopic (exact) mass is 409 g/mol. The molecule has 6 heteroatoms. The number of benzene rings is 2. The molecule has 2 aromatic rings. The van der Waals surface area contributed by atoms with Crippen molar-refractivity contribution in [2.75, 3.05) is 41.0 Å². The van der Waals surface area contributed by atoms with Crippen LogP contribution in [0.1, 0.15) is 24.0 Å². The van der Waals surface area contributed by atoms with Gasteiger partial charge >= 0.3 is 0 Å². The summed E-state index contributed by atoms with van der Waals surface area (Å²) in [4.78, 5) is 20.0. The first kappa shape index (κ1) is 20.7. The molecule has 0 radical (unpaired) electrons. The van der Waals surface area contributed by atoms with E-state index < -0.39 is 0 Å². The highest BCUT2D eigenvalue weighted by Crippen LogP contribution is 2.36. The fourth-order valence-corrected chi connectivity index (χ4v) is 4.73. The molecule has 0 saturated carbocycles. The van der Waals surface area contributed by atoms with Crippen LogP contribution in [0, 0.1) is 0 Å². The van der Waals surface area contributed by atoms with Gasteiger partial charge in [-0.05, 0) is 43.1 Å². The molecular weight excluding hydrogens is 378 g/mol. The van der Waals surface area contributed by atoms with Crippen LogP contribution in [-0.4, -0.2) is 67.2 Å². The van der Waals surface area contributed by atoms with Crippen LogP contribution in [-0.2, 0) is 17.9 Å². The normalized spacial score (nSPS) is 19.4. The van der Waals surface area contributed by atoms with E-state index in [2.05, 4.69) is 41.1 Å². The number of hydrogen-bond acceptors (Lipinski definition) is 5. The van der Waals surface area contributed by atoms with Gasteiger partial charge in [-0.2, -0.15) is 0 Å². The van der Waals surface area contributed by atoms with Crippen LogP contribution < -0.4 is 9.47 Å². The number of hydrogen-bond donors (Lipinski definition) is 0. The van der Waals surface area contributed by atoms with Gasteiger partial charge in [-0.3, -0.25) is 14.6 Å². The Bertz CT molecular complexity index is 856. The van der Waals surface area contributed by atoms with Gasteiger partial charge in [0.1, 0.15) is 17.0 Å². The molecule has 0 atom stereocenters. The van der Waals surface area contributed by atoms with Gasteiger partial charge in [-0.1, -0.05) is 30.3 Å². The molecule has 6 nitrogen and oxygen atoms in total. The molecule has 160 valence electrons. The Balaban J connectivity index is 1.40. The smallest absolute Gasteiger partial charge is 0.244 e. The lowest BCUT2D eigenvalue weighted by Crippen LogP contribution is -2.54. The van der Waals surface area contributed by atoms with E-state index in [1.54, 1.807) is 14.2 Å². The third-order valence-electron chi connectivity index (χ3n) is 6.52. The fraction of sp³-hybridized carbons (Fsp3) is 0.458. The van der Waals surface area contributed by atoms with E-state index in [9.17, 15) is 4.79 Å². The summed E-state index contributed by atoms with van der Waals surface area (Å²) in [5.41, 5.74) is 1.98. The molecule has 30 heavy (non-hydrogen) atoms. The molecule has 2 aliphatic rings. The molecule has 2 heterocycles. The van der Waals surface area contributed by atoms with Crippen LogP contribution in [0.15, 0.2) is 48.5 Å². The van der Waals surface area contributed by atoms with E-state index in [4.69, 9.17) is 9.47 Å². The molecule has 1 amide bonds. The van der Waals surface area contributed by atoms with Crippen LogP contribution in [0.25, 0.3) is 0 Å². The number of likely N-dealkylation sites (N-methyl/N-ethyl adjacent to an activating group) is 1. The number of methoxy groups -OCH3 is 2. The van der Waals surface area contributed by atoms with Crippen LogP contribution in [0.2, 0.25) is 0 Å². The van der Waals surface area contributed by atoms with Crippen molar-refractivity contribution < 1.29 is 14.3 Å². The third kappa shape index (κ3) is 4.02. The van der Waals surface area contributed by atoms with Crippen molar-refractivity contribution in [2.45, 2.75) is 31.5 Å². The molecule has 2 fully saturated rings.